The number of imide groups is 1. The molecular weight excluding hydrogens is 628 g/mol. The van der Waals surface area contributed by atoms with Crippen LogP contribution in [0.15, 0.2) is 42.7 Å². The third-order valence-electron chi connectivity index (χ3n) is 7.45. The Hall–Kier alpha value is -4.41. The molecule has 2 N–H and O–H groups in total. The molecule has 0 atom stereocenters. The topological polar surface area (TPSA) is 132 Å². The molecule has 0 saturated carbocycles. The molecule has 2 saturated heterocycles. The highest BCUT2D eigenvalue weighted by Gasteiger charge is 2.52. The number of pyridine rings is 1. The second-order valence-corrected chi connectivity index (χ2v) is 11.9. The summed E-state index contributed by atoms with van der Waals surface area (Å²) in [4.78, 5) is 56.6. The first-order valence-electron chi connectivity index (χ1n) is 13.9. The number of urea groups is 1. The Bertz CT molecular complexity index is 1440. The minimum Gasteiger partial charge on any atom is -0.475 e. The van der Waals surface area contributed by atoms with Crippen LogP contribution in [0.4, 0.5) is 42.5 Å². The summed E-state index contributed by atoms with van der Waals surface area (Å²) in [6.45, 7) is 8.98. The van der Waals surface area contributed by atoms with Crippen molar-refractivity contribution in [3.05, 3.63) is 48.3 Å². The lowest BCUT2D eigenvalue weighted by atomic mass is 9.83. The quantitative estimate of drug-likeness (QED) is 0.297. The predicted octanol–water partition coefficient (Wildman–Crippen LogP) is 5.42. The summed E-state index contributed by atoms with van der Waals surface area (Å²) in [5.41, 5.74) is -0.586. The van der Waals surface area contributed by atoms with Crippen molar-refractivity contribution >= 4 is 35.2 Å². The molecule has 252 valence electrons. The van der Waals surface area contributed by atoms with Crippen LogP contribution in [-0.4, -0.2) is 81.4 Å². The van der Waals surface area contributed by atoms with Gasteiger partial charge in [-0.3, -0.25) is 19.5 Å². The molecule has 2 aliphatic heterocycles. The Labute approximate surface area is 260 Å². The van der Waals surface area contributed by atoms with Gasteiger partial charge in [0.2, 0.25) is 5.91 Å². The number of halogens is 6. The Kier molecular flexibility index (Phi) is 10.6. The van der Waals surface area contributed by atoms with Crippen molar-refractivity contribution in [1.82, 2.24) is 14.8 Å². The maximum absolute atomic E-state index is 13.4. The first kappa shape index (κ1) is 36.1. The highest BCUT2D eigenvalue weighted by Crippen LogP contribution is 2.38. The second-order valence-electron chi connectivity index (χ2n) is 11.9. The number of likely N-dealkylation sites (tertiary alicyclic amines) is 1. The molecule has 0 aliphatic carbocycles. The van der Waals surface area contributed by atoms with Crippen LogP contribution in [0, 0.1) is 5.41 Å². The van der Waals surface area contributed by atoms with E-state index >= 15 is 0 Å². The van der Waals surface area contributed by atoms with Crippen molar-refractivity contribution in [3.63, 3.8) is 0 Å². The molecule has 3 heterocycles. The third-order valence-corrected chi connectivity index (χ3v) is 7.45. The number of piperidine rings is 1. The number of carbonyl (C=O) groups excluding carboxylic acids is 3. The Morgan fingerprint density at radius 1 is 0.978 bits per heavy atom. The van der Waals surface area contributed by atoms with E-state index in [0.29, 0.717) is 13.1 Å². The molecule has 0 radical (unpaired) electrons. The standard InChI is InChI=1S/C27H32F3N5O4.C2HF3O2/c1-25(2)9-13-33(14-10-25)17-22(36)32-20-15-19(5-6-21(20)39-27(28,29)30)35-23(37)26(3,4)34(24(35)38)16-18-7-11-31-12-8-18;3-2(4,5)1(6)7/h5-8,11-12,15H,9-10,13-14,16-17H2,1-4H3,(H,32,36);(H,6,7). The molecule has 1 aromatic heterocycles. The van der Waals surface area contributed by atoms with Crippen LogP contribution in [0.5, 0.6) is 5.75 Å². The Balaban J connectivity index is 0.000000738. The number of benzene rings is 1. The smallest absolute Gasteiger partial charge is 0.475 e. The van der Waals surface area contributed by atoms with Gasteiger partial charge < -0.3 is 20.1 Å². The van der Waals surface area contributed by atoms with E-state index < -0.39 is 47.6 Å². The van der Waals surface area contributed by atoms with E-state index in [0.717, 1.165) is 35.4 Å². The number of hydrogen-bond donors (Lipinski definition) is 2. The number of ether oxygens (including phenoxy) is 1. The summed E-state index contributed by atoms with van der Waals surface area (Å²) < 4.78 is 75.2. The molecule has 4 rings (SSSR count). The fourth-order valence-corrected chi connectivity index (χ4v) is 4.68. The van der Waals surface area contributed by atoms with E-state index in [1.807, 2.05) is 4.90 Å². The molecule has 2 aromatic rings. The maximum atomic E-state index is 13.4. The minimum absolute atomic E-state index is 0.0137. The Morgan fingerprint density at radius 2 is 1.54 bits per heavy atom. The number of nitrogens with one attached hydrogen (secondary N) is 1. The van der Waals surface area contributed by atoms with Gasteiger partial charge in [-0.15, -0.1) is 13.2 Å². The molecule has 46 heavy (non-hydrogen) atoms. The van der Waals surface area contributed by atoms with E-state index in [1.54, 1.807) is 38.4 Å². The van der Waals surface area contributed by atoms with Gasteiger partial charge in [-0.2, -0.15) is 13.2 Å². The molecule has 0 unspecified atom stereocenters. The lowest BCUT2D eigenvalue weighted by Crippen LogP contribution is -2.43. The number of rotatable bonds is 7. The molecule has 1 aromatic carbocycles. The highest BCUT2D eigenvalue weighted by molar-refractivity contribution is 6.23. The average Bonchev–Trinajstić information content (AvgIpc) is 3.09. The van der Waals surface area contributed by atoms with Crippen LogP contribution >= 0.6 is 0 Å². The summed E-state index contributed by atoms with van der Waals surface area (Å²) in [5, 5.41) is 9.62. The second kappa shape index (κ2) is 13.5. The molecule has 0 spiro atoms. The van der Waals surface area contributed by atoms with Gasteiger partial charge in [-0.25, -0.2) is 14.5 Å². The van der Waals surface area contributed by atoms with Crippen LogP contribution < -0.4 is 15.0 Å². The summed E-state index contributed by atoms with van der Waals surface area (Å²) in [6.07, 6.45) is -5.17. The third kappa shape index (κ3) is 9.31. The van der Waals surface area contributed by atoms with Gasteiger partial charge in [0.25, 0.3) is 5.91 Å². The van der Waals surface area contributed by atoms with Crippen LogP contribution in [0.2, 0.25) is 0 Å². The number of carboxylic acids is 1. The molecule has 11 nitrogen and oxygen atoms in total. The fraction of sp³-hybridized carbons (Fsp3) is 0.483. The molecule has 0 bridgehead atoms. The van der Waals surface area contributed by atoms with Gasteiger partial charge in [-0.05, 0) is 81.1 Å². The van der Waals surface area contributed by atoms with E-state index in [1.165, 1.54) is 11.0 Å². The van der Waals surface area contributed by atoms with Crippen LogP contribution in [-0.2, 0) is 20.9 Å². The minimum atomic E-state index is -5.08. The lowest BCUT2D eigenvalue weighted by Gasteiger charge is -2.36. The van der Waals surface area contributed by atoms with E-state index in [-0.39, 0.29) is 29.9 Å². The van der Waals surface area contributed by atoms with E-state index in [9.17, 15) is 40.7 Å². The normalized spacial score (nSPS) is 18.1. The van der Waals surface area contributed by atoms with Crippen molar-refractivity contribution in [2.24, 2.45) is 5.41 Å². The van der Waals surface area contributed by atoms with Gasteiger partial charge in [-0.1, -0.05) is 13.8 Å². The fourth-order valence-electron chi connectivity index (χ4n) is 4.68. The number of alkyl halides is 6. The SMILES string of the molecule is CC1(C)CCN(CC(=O)Nc2cc(N3C(=O)N(Cc4ccncc4)C(C)(C)C3=O)ccc2OC(F)(F)F)CC1.O=C(O)C(F)(F)F. The zero-order valence-corrected chi connectivity index (χ0v) is 25.3. The highest BCUT2D eigenvalue weighted by atomic mass is 19.4. The maximum Gasteiger partial charge on any atom is 0.573 e. The monoisotopic (exact) mass is 661 g/mol. The first-order chi connectivity index (χ1) is 21.1. The molecule has 17 heteroatoms. The van der Waals surface area contributed by atoms with Crippen molar-refractivity contribution in [1.29, 1.82) is 0 Å². The molecular formula is C29H33F6N5O6. The van der Waals surface area contributed by atoms with Crippen LogP contribution in [0.3, 0.4) is 0 Å². The van der Waals surface area contributed by atoms with Crippen molar-refractivity contribution in [3.8, 4) is 5.75 Å². The van der Waals surface area contributed by atoms with Crippen LogP contribution in [0.25, 0.3) is 0 Å². The number of hydrogen-bond acceptors (Lipinski definition) is 7. The molecule has 2 fully saturated rings. The first-order valence-corrected chi connectivity index (χ1v) is 13.9. The van der Waals surface area contributed by atoms with Crippen molar-refractivity contribution < 1.29 is 55.4 Å². The molecule has 4 amide bonds. The van der Waals surface area contributed by atoms with Gasteiger partial charge in [0.05, 0.1) is 17.9 Å². The lowest BCUT2D eigenvalue weighted by molar-refractivity contribution is -0.274. The predicted molar refractivity (Wildman–Crippen MR) is 152 cm³/mol. The number of aromatic nitrogens is 1. The zero-order chi connectivity index (χ0) is 34.7. The van der Waals surface area contributed by atoms with Crippen molar-refractivity contribution in [2.75, 3.05) is 29.9 Å². The van der Waals surface area contributed by atoms with Gasteiger partial charge in [0, 0.05) is 18.9 Å². The van der Waals surface area contributed by atoms with Gasteiger partial charge >= 0.3 is 24.5 Å². The van der Waals surface area contributed by atoms with Crippen LogP contribution in [0.1, 0.15) is 46.1 Å². The van der Waals surface area contributed by atoms with E-state index in [2.05, 4.69) is 28.9 Å². The van der Waals surface area contributed by atoms with Crippen molar-refractivity contribution in [2.45, 2.75) is 65.2 Å². The summed E-state index contributed by atoms with van der Waals surface area (Å²) >= 11 is 0. The molecule has 2 aliphatic rings. The number of anilines is 2. The summed E-state index contributed by atoms with van der Waals surface area (Å²) in [5.74, 6) is -4.49. The average molecular weight is 662 g/mol. The van der Waals surface area contributed by atoms with E-state index in [4.69, 9.17) is 9.90 Å². The number of carbonyl (C=O) groups is 4. The zero-order valence-electron chi connectivity index (χ0n) is 25.3. The number of amides is 4. The Morgan fingerprint density at radius 3 is 2.07 bits per heavy atom. The van der Waals surface area contributed by atoms with Gasteiger partial charge in [0.15, 0.2) is 5.75 Å². The van der Waals surface area contributed by atoms with Gasteiger partial charge in [0.1, 0.15) is 5.54 Å². The number of carboxylic acid groups (broad SMARTS) is 1. The number of nitrogens with zero attached hydrogens (tertiary/aromatic N) is 4. The number of aliphatic carboxylic acids is 1. The largest absolute Gasteiger partial charge is 0.573 e. The summed E-state index contributed by atoms with van der Waals surface area (Å²) in [7, 11) is 0. The summed E-state index contributed by atoms with van der Waals surface area (Å²) in [6, 6.07) is 6.12.